The maximum absolute atomic E-state index is 8.88. The molecule has 4 unspecified atom stereocenters. The molecule has 0 aliphatic heterocycles. The zero-order valence-corrected chi connectivity index (χ0v) is 8.29. The van der Waals surface area contributed by atoms with Crippen molar-refractivity contribution >= 4 is 0 Å². The van der Waals surface area contributed by atoms with E-state index in [1.54, 1.807) is 0 Å². The van der Waals surface area contributed by atoms with Crippen LogP contribution in [0.2, 0.25) is 0 Å². The van der Waals surface area contributed by atoms with Crippen molar-refractivity contribution in [2.24, 2.45) is 17.8 Å². The molecule has 0 bridgehead atoms. The average Bonchev–Trinajstić information content (AvgIpc) is 2.68. The fourth-order valence-electron chi connectivity index (χ4n) is 2.35. The summed E-state index contributed by atoms with van der Waals surface area (Å²) in [5.41, 5.74) is 0. The van der Waals surface area contributed by atoms with Gasteiger partial charge in [-0.05, 0) is 37.6 Å². The highest BCUT2D eigenvalue weighted by molar-refractivity contribution is 4.97. The van der Waals surface area contributed by atoms with Crippen LogP contribution in [0.1, 0.15) is 32.6 Å². The fourth-order valence-corrected chi connectivity index (χ4v) is 2.35. The lowest BCUT2D eigenvalue weighted by atomic mass is 10.1. The zero-order chi connectivity index (χ0) is 9.26. The molecule has 2 aliphatic rings. The van der Waals surface area contributed by atoms with Gasteiger partial charge in [-0.25, -0.2) is 0 Å². The van der Waals surface area contributed by atoms with Crippen molar-refractivity contribution in [3.05, 3.63) is 0 Å². The van der Waals surface area contributed by atoms with Crippen LogP contribution >= 0.6 is 0 Å². The van der Waals surface area contributed by atoms with E-state index in [2.05, 4.69) is 18.3 Å². The topological polar surface area (TPSA) is 35.8 Å². The molecule has 0 aromatic carbocycles. The van der Waals surface area contributed by atoms with Crippen LogP contribution in [-0.2, 0) is 0 Å². The Hall–Kier alpha value is -0.550. The van der Waals surface area contributed by atoms with Crippen molar-refractivity contribution < 1.29 is 0 Å². The molecule has 72 valence electrons. The molecular formula is C11H18N2. The SMILES string of the molecule is CC1CC1CNC1CCCC1C#N. The van der Waals surface area contributed by atoms with Gasteiger partial charge < -0.3 is 5.32 Å². The number of nitrogens with zero attached hydrogens (tertiary/aromatic N) is 1. The second-order valence-corrected chi connectivity index (χ2v) is 4.65. The normalized spacial score (nSPS) is 43.1. The first-order valence-corrected chi connectivity index (χ1v) is 5.44. The lowest BCUT2D eigenvalue weighted by Crippen LogP contribution is -2.33. The fraction of sp³-hybridized carbons (Fsp3) is 0.909. The van der Waals surface area contributed by atoms with Crippen LogP contribution in [-0.4, -0.2) is 12.6 Å². The highest BCUT2D eigenvalue weighted by Crippen LogP contribution is 2.37. The maximum atomic E-state index is 8.88. The van der Waals surface area contributed by atoms with Crippen LogP contribution in [0.5, 0.6) is 0 Å². The molecule has 2 aliphatic carbocycles. The molecule has 2 rings (SSSR count). The summed E-state index contributed by atoms with van der Waals surface area (Å²) in [4.78, 5) is 0. The molecule has 0 saturated heterocycles. The van der Waals surface area contributed by atoms with E-state index in [4.69, 9.17) is 5.26 Å². The molecule has 0 amide bonds. The Labute approximate surface area is 80.3 Å². The summed E-state index contributed by atoms with van der Waals surface area (Å²) in [5, 5.41) is 12.4. The summed E-state index contributed by atoms with van der Waals surface area (Å²) in [6.45, 7) is 3.45. The zero-order valence-electron chi connectivity index (χ0n) is 8.29. The minimum Gasteiger partial charge on any atom is -0.312 e. The highest BCUT2D eigenvalue weighted by Gasteiger charge is 2.34. The van der Waals surface area contributed by atoms with Gasteiger partial charge >= 0.3 is 0 Å². The van der Waals surface area contributed by atoms with E-state index >= 15 is 0 Å². The molecule has 13 heavy (non-hydrogen) atoms. The van der Waals surface area contributed by atoms with Crippen LogP contribution in [0.3, 0.4) is 0 Å². The third-order valence-corrected chi connectivity index (χ3v) is 3.60. The van der Waals surface area contributed by atoms with Crippen molar-refractivity contribution in [1.29, 1.82) is 5.26 Å². The first-order chi connectivity index (χ1) is 6.31. The largest absolute Gasteiger partial charge is 0.312 e. The monoisotopic (exact) mass is 178 g/mol. The second kappa shape index (κ2) is 3.67. The second-order valence-electron chi connectivity index (χ2n) is 4.65. The average molecular weight is 178 g/mol. The van der Waals surface area contributed by atoms with Gasteiger partial charge in [0.05, 0.1) is 12.0 Å². The third kappa shape index (κ3) is 2.03. The minimum atomic E-state index is 0.286. The summed E-state index contributed by atoms with van der Waals surface area (Å²) in [7, 11) is 0. The van der Waals surface area contributed by atoms with Crippen molar-refractivity contribution in [2.45, 2.75) is 38.6 Å². The molecule has 2 heteroatoms. The van der Waals surface area contributed by atoms with Gasteiger partial charge in [0.25, 0.3) is 0 Å². The van der Waals surface area contributed by atoms with Gasteiger partial charge in [-0.3, -0.25) is 0 Å². The Morgan fingerprint density at radius 2 is 2.23 bits per heavy atom. The van der Waals surface area contributed by atoms with E-state index < -0.39 is 0 Å². The van der Waals surface area contributed by atoms with E-state index in [-0.39, 0.29) is 5.92 Å². The summed E-state index contributed by atoms with van der Waals surface area (Å²) < 4.78 is 0. The van der Waals surface area contributed by atoms with E-state index in [0.717, 1.165) is 24.8 Å². The Kier molecular flexibility index (Phi) is 2.55. The Bertz CT molecular complexity index is 219. The predicted molar refractivity (Wildman–Crippen MR) is 52.0 cm³/mol. The quantitative estimate of drug-likeness (QED) is 0.716. The lowest BCUT2D eigenvalue weighted by molar-refractivity contribution is 0.449. The minimum absolute atomic E-state index is 0.286. The van der Waals surface area contributed by atoms with Gasteiger partial charge in [0.2, 0.25) is 0 Å². The lowest BCUT2D eigenvalue weighted by Gasteiger charge is -2.14. The predicted octanol–water partition coefficient (Wildman–Crippen LogP) is 1.92. The van der Waals surface area contributed by atoms with Crippen LogP contribution in [0.25, 0.3) is 0 Å². The van der Waals surface area contributed by atoms with E-state index in [0.29, 0.717) is 6.04 Å². The third-order valence-electron chi connectivity index (χ3n) is 3.60. The first-order valence-electron chi connectivity index (χ1n) is 5.44. The van der Waals surface area contributed by atoms with Gasteiger partial charge in [0, 0.05) is 6.04 Å². The Morgan fingerprint density at radius 3 is 2.85 bits per heavy atom. The summed E-state index contributed by atoms with van der Waals surface area (Å²) >= 11 is 0. The smallest absolute Gasteiger partial charge is 0.0672 e. The van der Waals surface area contributed by atoms with Crippen LogP contribution in [0, 0.1) is 29.1 Å². The molecule has 4 atom stereocenters. The van der Waals surface area contributed by atoms with E-state index in [9.17, 15) is 0 Å². The number of hydrogen-bond acceptors (Lipinski definition) is 2. The van der Waals surface area contributed by atoms with Crippen molar-refractivity contribution in [2.75, 3.05) is 6.54 Å². The molecule has 2 saturated carbocycles. The van der Waals surface area contributed by atoms with Gasteiger partial charge in [-0.1, -0.05) is 13.3 Å². The summed E-state index contributed by atoms with van der Waals surface area (Å²) in [5.74, 6) is 2.11. The van der Waals surface area contributed by atoms with Crippen LogP contribution in [0.4, 0.5) is 0 Å². The molecule has 1 N–H and O–H groups in total. The molecule has 2 fully saturated rings. The summed E-state index contributed by atoms with van der Waals surface area (Å²) in [6, 6.07) is 2.90. The molecule has 2 nitrogen and oxygen atoms in total. The van der Waals surface area contributed by atoms with Crippen molar-refractivity contribution in [3.63, 3.8) is 0 Å². The molecule has 0 aromatic rings. The summed E-state index contributed by atoms with van der Waals surface area (Å²) in [6.07, 6.45) is 4.93. The van der Waals surface area contributed by atoms with Gasteiger partial charge in [-0.15, -0.1) is 0 Å². The molecular weight excluding hydrogens is 160 g/mol. The van der Waals surface area contributed by atoms with Crippen LogP contribution < -0.4 is 5.32 Å². The van der Waals surface area contributed by atoms with E-state index in [1.165, 1.54) is 19.3 Å². The molecule has 0 heterocycles. The van der Waals surface area contributed by atoms with E-state index in [1.807, 2.05) is 0 Å². The number of nitriles is 1. The number of hydrogen-bond donors (Lipinski definition) is 1. The molecule has 0 radical (unpaired) electrons. The molecule has 0 spiro atoms. The Balaban J connectivity index is 1.72. The van der Waals surface area contributed by atoms with Gasteiger partial charge in [-0.2, -0.15) is 5.26 Å². The number of rotatable bonds is 3. The number of nitrogens with one attached hydrogen (secondary N) is 1. The Morgan fingerprint density at radius 1 is 1.46 bits per heavy atom. The molecule has 0 aromatic heterocycles. The maximum Gasteiger partial charge on any atom is 0.0672 e. The van der Waals surface area contributed by atoms with Crippen molar-refractivity contribution in [1.82, 2.24) is 5.32 Å². The van der Waals surface area contributed by atoms with Crippen molar-refractivity contribution in [3.8, 4) is 6.07 Å². The van der Waals surface area contributed by atoms with Gasteiger partial charge in [0.15, 0.2) is 0 Å². The standard InChI is InChI=1S/C11H18N2/c1-8-5-10(8)7-13-11-4-2-3-9(11)6-12/h8-11,13H,2-5,7H2,1H3. The highest BCUT2D eigenvalue weighted by atomic mass is 14.9. The van der Waals surface area contributed by atoms with Gasteiger partial charge in [0.1, 0.15) is 0 Å². The first kappa shape index (κ1) is 9.02. The van der Waals surface area contributed by atoms with Crippen LogP contribution in [0.15, 0.2) is 0 Å².